The van der Waals surface area contributed by atoms with E-state index in [1.54, 1.807) is 46.2 Å². The van der Waals surface area contributed by atoms with Gasteiger partial charge < -0.3 is 14.9 Å². The molecule has 2 aromatic rings. The topological polar surface area (TPSA) is 77.9 Å². The van der Waals surface area contributed by atoms with Crippen LogP contribution in [0.1, 0.15) is 31.1 Å². The van der Waals surface area contributed by atoms with E-state index in [4.69, 9.17) is 16.7 Å². The Morgan fingerprint density at radius 3 is 2.00 bits per heavy atom. The maximum Gasteiger partial charge on any atom is 0.335 e. The average Bonchev–Trinajstić information content (AvgIpc) is 2.67. The van der Waals surface area contributed by atoms with Crippen molar-refractivity contribution in [3.63, 3.8) is 0 Å². The second-order valence-corrected chi connectivity index (χ2v) is 6.36. The van der Waals surface area contributed by atoms with Gasteiger partial charge in [-0.1, -0.05) is 29.8 Å². The van der Waals surface area contributed by atoms with E-state index in [-0.39, 0.29) is 17.4 Å². The van der Waals surface area contributed by atoms with Crippen molar-refractivity contribution in [3.8, 4) is 0 Å². The highest BCUT2D eigenvalue weighted by atomic mass is 35.5. The molecule has 7 heteroatoms. The van der Waals surface area contributed by atoms with Gasteiger partial charge in [0.2, 0.25) is 0 Å². The van der Waals surface area contributed by atoms with Crippen molar-refractivity contribution in [2.75, 3.05) is 26.2 Å². The number of aromatic carboxylic acids is 1. The van der Waals surface area contributed by atoms with Crippen molar-refractivity contribution < 1.29 is 19.5 Å². The highest BCUT2D eigenvalue weighted by molar-refractivity contribution is 6.33. The van der Waals surface area contributed by atoms with E-state index in [0.717, 1.165) is 0 Å². The molecule has 1 fully saturated rings. The predicted octanol–water partition coefficient (Wildman–Crippen LogP) is 2.64. The van der Waals surface area contributed by atoms with Crippen molar-refractivity contribution in [1.82, 2.24) is 9.80 Å². The number of rotatable bonds is 3. The van der Waals surface area contributed by atoms with Gasteiger partial charge in [0, 0.05) is 31.7 Å². The molecule has 0 radical (unpaired) electrons. The second-order valence-electron chi connectivity index (χ2n) is 5.95. The summed E-state index contributed by atoms with van der Waals surface area (Å²) in [6.45, 7) is 1.56. The minimum absolute atomic E-state index is 0.0726. The maximum atomic E-state index is 12.6. The third kappa shape index (κ3) is 3.70. The van der Waals surface area contributed by atoms with Gasteiger partial charge in [0.15, 0.2) is 0 Å². The van der Waals surface area contributed by atoms with Gasteiger partial charge in [0.05, 0.1) is 16.1 Å². The molecule has 0 unspecified atom stereocenters. The smallest absolute Gasteiger partial charge is 0.335 e. The van der Waals surface area contributed by atoms with Crippen molar-refractivity contribution >= 4 is 29.4 Å². The zero-order valence-electron chi connectivity index (χ0n) is 13.9. The third-order valence-electron chi connectivity index (χ3n) is 4.31. The molecule has 134 valence electrons. The summed E-state index contributed by atoms with van der Waals surface area (Å²) in [4.78, 5) is 39.5. The first-order valence-corrected chi connectivity index (χ1v) is 8.51. The minimum Gasteiger partial charge on any atom is -0.478 e. The number of halogens is 1. The van der Waals surface area contributed by atoms with Crippen LogP contribution < -0.4 is 0 Å². The van der Waals surface area contributed by atoms with Crippen LogP contribution in [0, 0.1) is 0 Å². The summed E-state index contributed by atoms with van der Waals surface area (Å²) in [5.41, 5.74) is 0.849. The normalized spacial score (nSPS) is 14.2. The fourth-order valence-electron chi connectivity index (χ4n) is 2.89. The zero-order valence-corrected chi connectivity index (χ0v) is 14.6. The Bertz CT molecular complexity index is 860. The number of piperazine rings is 1. The monoisotopic (exact) mass is 372 g/mol. The molecule has 0 spiro atoms. The Balaban J connectivity index is 1.66. The molecule has 0 aliphatic carbocycles. The number of carbonyl (C=O) groups is 3. The summed E-state index contributed by atoms with van der Waals surface area (Å²) in [5, 5.41) is 9.45. The van der Waals surface area contributed by atoms with Crippen molar-refractivity contribution in [2.45, 2.75) is 0 Å². The zero-order chi connectivity index (χ0) is 18.7. The average molecular weight is 373 g/mol. The van der Waals surface area contributed by atoms with Gasteiger partial charge in [-0.3, -0.25) is 9.59 Å². The number of carboxylic acids is 1. The first kappa shape index (κ1) is 17.9. The number of benzene rings is 2. The van der Waals surface area contributed by atoms with Crippen LogP contribution in [0.2, 0.25) is 5.02 Å². The van der Waals surface area contributed by atoms with Crippen LogP contribution in [-0.4, -0.2) is 58.9 Å². The summed E-state index contributed by atoms with van der Waals surface area (Å²) in [6, 6.07) is 12.8. The molecule has 1 aliphatic heterocycles. The quantitative estimate of drug-likeness (QED) is 0.898. The second kappa shape index (κ2) is 7.58. The SMILES string of the molecule is O=C(O)c1cccc(C(=O)N2CCN(C(=O)c3ccccc3Cl)CC2)c1. The van der Waals surface area contributed by atoms with E-state index < -0.39 is 5.97 Å². The molecule has 1 heterocycles. The van der Waals surface area contributed by atoms with E-state index in [9.17, 15) is 14.4 Å². The van der Waals surface area contributed by atoms with E-state index in [2.05, 4.69) is 0 Å². The molecule has 1 saturated heterocycles. The summed E-state index contributed by atoms with van der Waals surface area (Å²) in [5.74, 6) is -1.47. The molecule has 3 rings (SSSR count). The Kier molecular flexibility index (Phi) is 5.23. The highest BCUT2D eigenvalue weighted by Gasteiger charge is 2.26. The van der Waals surface area contributed by atoms with Gasteiger partial charge in [-0.2, -0.15) is 0 Å². The molecule has 2 amide bonds. The maximum absolute atomic E-state index is 12.6. The Morgan fingerprint density at radius 1 is 0.808 bits per heavy atom. The lowest BCUT2D eigenvalue weighted by Gasteiger charge is -2.35. The molecule has 2 aromatic carbocycles. The lowest BCUT2D eigenvalue weighted by Crippen LogP contribution is -2.50. The van der Waals surface area contributed by atoms with E-state index >= 15 is 0 Å². The first-order valence-electron chi connectivity index (χ1n) is 8.14. The van der Waals surface area contributed by atoms with Gasteiger partial charge in [-0.25, -0.2) is 4.79 Å². The molecule has 0 aromatic heterocycles. The molecule has 1 N–H and O–H groups in total. The fourth-order valence-corrected chi connectivity index (χ4v) is 3.10. The number of carbonyl (C=O) groups excluding carboxylic acids is 2. The van der Waals surface area contributed by atoms with Crippen LogP contribution in [0.15, 0.2) is 48.5 Å². The highest BCUT2D eigenvalue weighted by Crippen LogP contribution is 2.19. The predicted molar refractivity (Wildman–Crippen MR) is 96.7 cm³/mol. The number of hydrogen-bond acceptors (Lipinski definition) is 3. The van der Waals surface area contributed by atoms with Gasteiger partial charge in [-0.15, -0.1) is 0 Å². The van der Waals surface area contributed by atoms with Gasteiger partial charge >= 0.3 is 5.97 Å². The van der Waals surface area contributed by atoms with Gasteiger partial charge in [0.25, 0.3) is 11.8 Å². The molecule has 0 atom stereocenters. The number of carboxylic acid groups (broad SMARTS) is 1. The van der Waals surface area contributed by atoms with Crippen LogP contribution in [-0.2, 0) is 0 Å². The van der Waals surface area contributed by atoms with Crippen molar-refractivity contribution in [1.29, 1.82) is 0 Å². The third-order valence-corrected chi connectivity index (χ3v) is 4.64. The van der Waals surface area contributed by atoms with Crippen LogP contribution in [0.4, 0.5) is 0 Å². The van der Waals surface area contributed by atoms with Gasteiger partial charge in [-0.05, 0) is 30.3 Å². The van der Waals surface area contributed by atoms with Gasteiger partial charge in [0.1, 0.15) is 0 Å². The Morgan fingerprint density at radius 2 is 1.38 bits per heavy atom. The summed E-state index contributed by atoms with van der Waals surface area (Å²) >= 11 is 6.08. The van der Waals surface area contributed by atoms with Crippen LogP contribution in [0.25, 0.3) is 0 Å². The molecule has 6 nitrogen and oxygen atoms in total. The van der Waals surface area contributed by atoms with E-state index in [1.807, 2.05) is 0 Å². The van der Waals surface area contributed by atoms with Crippen molar-refractivity contribution in [3.05, 3.63) is 70.2 Å². The standard InChI is InChI=1S/C19H17ClN2O4/c20-16-7-2-1-6-15(16)18(24)22-10-8-21(9-11-22)17(23)13-4-3-5-14(12-13)19(25)26/h1-7,12H,8-11H2,(H,25,26). The lowest BCUT2D eigenvalue weighted by molar-refractivity contribution is 0.0535. The van der Waals surface area contributed by atoms with Crippen LogP contribution in [0.5, 0.6) is 0 Å². The lowest BCUT2D eigenvalue weighted by atomic mass is 10.1. The number of hydrogen-bond donors (Lipinski definition) is 1. The van der Waals surface area contributed by atoms with Crippen LogP contribution in [0.3, 0.4) is 0 Å². The summed E-state index contributed by atoms with van der Waals surface area (Å²) in [6.07, 6.45) is 0. The number of nitrogens with zero attached hydrogens (tertiary/aromatic N) is 2. The minimum atomic E-state index is -1.07. The summed E-state index contributed by atoms with van der Waals surface area (Å²) < 4.78 is 0. The molecular formula is C19H17ClN2O4. The largest absolute Gasteiger partial charge is 0.478 e. The Labute approximate surface area is 155 Å². The fraction of sp³-hybridized carbons (Fsp3) is 0.211. The van der Waals surface area contributed by atoms with Crippen molar-refractivity contribution in [2.24, 2.45) is 0 Å². The molecule has 0 saturated carbocycles. The molecule has 0 bridgehead atoms. The number of amides is 2. The first-order chi connectivity index (χ1) is 12.5. The summed E-state index contributed by atoms with van der Waals surface area (Å²) in [7, 11) is 0. The van der Waals surface area contributed by atoms with E-state index in [1.165, 1.54) is 12.1 Å². The molecule has 1 aliphatic rings. The van der Waals surface area contributed by atoms with E-state index in [0.29, 0.717) is 42.3 Å². The Hall–Kier alpha value is -2.86. The van der Waals surface area contributed by atoms with Crippen LogP contribution >= 0.6 is 11.6 Å². The molecular weight excluding hydrogens is 356 g/mol. The molecule has 26 heavy (non-hydrogen) atoms.